The van der Waals surface area contributed by atoms with Gasteiger partial charge in [0.05, 0.1) is 0 Å². The average Bonchev–Trinajstić information content (AvgIpc) is 2.65. The molecule has 0 spiro atoms. The summed E-state index contributed by atoms with van der Waals surface area (Å²) in [6.07, 6.45) is 0. The lowest BCUT2D eigenvalue weighted by molar-refractivity contribution is 0.0702. The third-order valence-corrected chi connectivity index (χ3v) is 4.17. The maximum atomic E-state index is 10.9. The van der Waals surface area contributed by atoms with Gasteiger partial charge in [-0.15, -0.1) is 11.3 Å². The Labute approximate surface area is 105 Å². The second kappa shape index (κ2) is 4.34. The fourth-order valence-corrected chi connectivity index (χ4v) is 2.76. The summed E-state index contributed by atoms with van der Waals surface area (Å²) in [4.78, 5) is 12.4. The Kier molecular flexibility index (Phi) is 3.03. The molecule has 0 aliphatic rings. The molecule has 0 bridgehead atoms. The predicted octanol–water partition coefficient (Wildman–Crippen LogP) is 4.04. The van der Waals surface area contributed by atoms with Crippen molar-refractivity contribution in [1.29, 1.82) is 0 Å². The second-order valence-corrected chi connectivity index (χ2v) is 5.28. The molecule has 1 heterocycles. The minimum absolute atomic E-state index is 0.399. The third-order valence-electron chi connectivity index (χ3n) is 2.90. The van der Waals surface area contributed by atoms with Crippen molar-refractivity contribution in [1.82, 2.24) is 0 Å². The van der Waals surface area contributed by atoms with Crippen LogP contribution in [0.3, 0.4) is 0 Å². The van der Waals surface area contributed by atoms with Crippen LogP contribution in [0.1, 0.15) is 26.4 Å². The highest BCUT2D eigenvalue weighted by Gasteiger charge is 2.12. The molecule has 0 saturated heterocycles. The van der Waals surface area contributed by atoms with Gasteiger partial charge in [0, 0.05) is 4.88 Å². The highest BCUT2D eigenvalue weighted by Crippen LogP contribution is 2.33. The number of aromatic carboxylic acids is 1. The molecule has 0 radical (unpaired) electrons. The number of rotatable bonds is 2. The quantitative estimate of drug-likeness (QED) is 0.868. The first kappa shape index (κ1) is 11.9. The van der Waals surface area contributed by atoms with Crippen LogP contribution < -0.4 is 0 Å². The number of hydrogen-bond donors (Lipinski definition) is 1. The molecule has 2 aromatic rings. The van der Waals surface area contributed by atoms with Crippen LogP contribution in [0.15, 0.2) is 24.3 Å². The summed E-state index contributed by atoms with van der Waals surface area (Å²) >= 11 is 1.34. The van der Waals surface area contributed by atoms with E-state index < -0.39 is 5.97 Å². The summed E-state index contributed by atoms with van der Waals surface area (Å²) in [7, 11) is 0. The molecule has 3 heteroatoms. The van der Waals surface area contributed by atoms with Crippen LogP contribution in [0.2, 0.25) is 0 Å². The van der Waals surface area contributed by atoms with Gasteiger partial charge in [-0.25, -0.2) is 4.79 Å². The second-order valence-electron chi connectivity index (χ2n) is 4.23. The smallest absolute Gasteiger partial charge is 0.345 e. The topological polar surface area (TPSA) is 37.3 Å². The van der Waals surface area contributed by atoms with Gasteiger partial charge >= 0.3 is 5.97 Å². The number of carbonyl (C=O) groups is 1. The number of benzene rings is 1. The first-order chi connectivity index (χ1) is 7.99. The molecule has 88 valence electrons. The third kappa shape index (κ3) is 2.24. The van der Waals surface area contributed by atoms with Crippen molar-refractivity contribution in [2.45, 2.75) is 20.8 Å². The molecule has 0 aliphatic heterocycles. The van der Waals surface area contributed by atoms with Crippen molar-refractivity contribution in [3.63, 3.8) is 0 Å². The SMILES string of the molecule is Cc1ccc(-c2sc(C(=O)O)cc2C)cc1C. The zero-order valence-corrected chi connectivity index (χ0v) is 10.9. The Bertz CT molecular complexity index is 582. The number of hydrogen-bond acceptors (Lipinski definition) is 2. The van der Waals surface area contributed by atoms with Gasteiger partial charge in [0.2, 0.25) is 0 Å². The predicted molar refractivity (Wildman–Crippen MR) is 70.9 cm³/mol. The van der Waals surface area contributed by atoms with Gasteiger partial charge in [0.15, 0.2) is 0 Å². The summed E-state index contributed by atoms with van der Waals surface area (Å²) in [6.45, 7) is 6.09. The van der Waals surface area contributed by atoms with E-state index in [0.717, 1.165) is 16.0 Å². The van der Waals surface area contributed by atoms with Crippen molar-refractivity contribution in [3.8, 4) is 10.4 Å². The van der Waals surface area contributed by atoms with E-state index in [2.05, 4.69) is 26.0 Å². The Morgan fingerprint density at radius 1 is 1.06 bits per heavy atom. The van der Waals surface area contributed by atoms with Crippen molar-refractivity contribution >= 4 is 17.3 Å². The van der Waals surface area contributed by atoms with Crippen LogP contribution in [0, 0.1) is 20.8 Å². The molecule has 0 unspecified atom stereocenters. The van der Waals surface area contributed by atoms with Gasteiger partial charge in [0.25, 0.3) is 0 Å². The van der Waals surface area contributed by atoms with Gasteiger partial charge in [0.1, 0.15) is 4.88 Å². The lowest BCUT2D eigenvalue weighted by Gasteiger charge is -2.04. The molecule has 0 atom stereocenters. The molecule has 0 aliphatic carbocycles. The molecule has 0 saturated carbocycles. The summed E-state index contributed by atoms with van der Waals surface area (Å²) in [6, 6.07) is 7.97. The highest BCUT2D eigenvalue weighted by atomic mass is 32.1. The standard InChI is InChI=1S/C14H14O2S/c1-8-4-5-11(6-9(8)2)13-10(3)7-12(17-13)14(15)16/h4-7H,1-3H3,(H,15,16). The van der Waals surface area contributed by atoms with Crippen molar-refractivity contribution in [3.05, 3.63) is 45.8 Å². The lowest BCUT2D eigenvalue weighted by Crippen LogP contribution is -1.89. The van der Waals surface area contributed by atoms with Gasteiger partial charge < -0.3 is 5.11 Å². The Morgan fingerprint density at radius 2 is 1.76 bits per heavy atom. The van der Waals surface area contributed by atoms with Crippen LogP contribution >= 0.6 is 11.3 Å². The van der Waals surface area contributed by atoms with E-state index in [-0.39, 0.29) is 0 Å². The first-order valence-corrected chi connectivity index (χ1v) is 6.22. The van der Waals surface area contributed by atoms with Crippen LogP contribution in [-0.4, -0.2) is 11.1 Å². The zero-order chi connectivity index (χ0) is 12.6. The molecule has 0 fully saturated rings. The minimum atomic E-state index is -0.854. The van der Waals surface area contributed by atoms with Crippen LogP contribution in [0.5, 0.6) is 0 Å². The number of aryl methyl sites for hydroxylation is 3. The fraction of sp³-hybridized carbons (Fsp3) is 0.214. The minimum Gasteiger partial charge on any atom is -0.477 e. The maximum absolute atomic E-state index is 10.9. The number of thiophene rings is 1. The average molecular weight is 246 g/mol. The Hall–Kier alpha value is -1.61. The Balaban J connectivity index is 2.52. The van der Waals surface area contributed by atoms with Crippen molar-refractivity contribution in [2.24, 2.45) is 0 Å². The van der Waals surface area contributed by atoms with Crippen LogP contribution in [-0.2, 0) is 0 Å². The van der Waals surface area contributed by atoms with Gasteiger partial charge in [-0.3, -0.25) is 0 Å². The molecule has 1 N–H and O–H groups in total. The molecule has 2 nitrogen and oxygen atoms in total. The van der Waals surface area contributed by atoms with Crippen LogP contribution in [0.4, 0.5) is 0 Å². The fourth-order valence-electron chi connectivity index (χ4n) is 1.76. The van der Waals surface area contributed by atoms with E-state index in [9.17, 15) is 4.79 Å². The summed E-state index contributed by atoms with van der Waals surface area (Å²) in [5.41, 5.74) is 4.60. The van der Waals surface area contributed by atoms with Gasteiger partial charge in [-0.2, -0.15) is 0 Å². The normalized spacial score (nSPS) is 10.5. The van der Waals surface area contributed by atoms with Crippen molar-refractivity contribution < 1.29 is 9.90 Å². The number of carboxylic acids is 1. The molecule has 0 amide bonds. The van der Waals surface area contributed by atoms with Gasteiger partial charge in [-0.1, -0.05) is 18.2 Å². The molecule has 1 aromatic carbocycles. The van der Waals surface area contributed by atoms with E-state index in [4.69, 9.17) is 5.11 Å². The van der Waals surface area contributed by atoms with E-state index in [1.807, 2.05) is 13.0 Å². The molecule has 1 aromatic heterocycles. The van der Waals surface area contributed by atoms with Crippen LogP contribution in [0.25, 0.3) is 10.4 Å². The van der Waals surface area contributed by atoms with E-state index in [0.29, 0.717) is 4.88 Å². The van der Waals surface area contributed by atoms with Crippen molar-refractivity contribution in [2.75, 3.05) is 0 Å². The monoisotopic (exact) mass is 246 g/mol. The highest BCUT2D eigenvalue weighted by molar-refractivity contribution is 7.17. The summed E-state index contributed by atoms with van der Waals surface area (Å²) in [5, 5.41) is 8.98. The van der Waals surface area contributed by atoms with E-state index in [1.54, 1.807) is 6.07 Å². The Morgan fingerprint density at radius 3 is 2.29 bits per heavy atom. The molecule has 2 rings (SSSR count). The molecule has 17 heavy (non-hydrogen) atoms. The summed E-state index contributed by atoms with van der Waals surface area (Å²) in [5.74, 6) is -0.854. The largest absolute Gasteiger partial charge is 0.477 e. The molecular formula is C14H14O2S. The van der Waals surface area contributed by atoms with E-state index in [1.165, 1.54) is 22.5 Å². The maximum Gasteiger partial charge on any atom is 0.345 e. The van der Waals surface area contributed by atoms with E-state index >= 15 is 0 Å². The first-order valence-electron chi connectivity index (χ1n) is 5.40. The summed E-state index contributed by atoms with van der Waals surface area (Å²) < 4.78 is 0. The zero-order valence-electron chi connectivity index (χ0n) is 10.1. The number of carboxylic acid groups (broad SMARTS) is 1. The lowest BCUT2D eigenvalue weighted by atomic mass is 10.0. The van der Waals surface area contributed by atoms with Gasteiger partial charge in [-0.05, 0) is 49.1 Å². The molecular weight excluding hydrogens is 232 g/mol.